The summed E-state index contributed by atoms with van der Waals surface area (Å²) in [6, 6.07) is 7.61. The predicted molar refractivity (Wildman–Crippen MR) is 92.9 cm³/mol. The third kappa shape index (κ3) is 3.57. The number of carbonyl (C=O) groups is 2. The Kier molecular flexibility index (Phi) is 4.88. The number of likely N-dealkylation sites (tertiary alicyclic amines) is 1. The van der Waals surface area contributed by atoms with Crippen LogP contribution in [0.15, 0.2) is 36.7 Å². The lowest BCUT2D eigenvalue weighted by atomic mass is 9.85. The van der Waals surface area contributed by atoms with E-state index >= 15 is 0 Å². The second kappa shape index (κ2) is 7.09. The largest absolute Gasteiger partial charge is 0.481 e. The third-order valence-electron chi connectivity index (χ3n) is 4.97. The molecule has 1 fully saturated rings. The maximum Gasteiger partial charge on any atom is 0.308 e. The summed E-state index contributed by atoms with van der Waals surface area (Å²) in [4.78, 5) is 26.1. The Bertz CT molecular complexity index is 784. The van der Waals surface area contributed by atoms with Gasteiger partial charge in [0.1, 0.15) is 0 Å². The number of carboxylic acids is 1. The van der Waals surface area contributed by atoms with Gasteiger partial charge >= 0.3 is 5.97 Å². The molecule has 1 amide bonds. The number of nitrogens with zero attached hydrogens (tertiary/aromatic N) is 3. The van der Waals surface area contributed by atoms with E-state index in [0.717, 1.165) is 5.56 Å². The summed E-state index contributed by atoms with van der Waals surface area (Å²) in [5.41, 5.74) is 3.14. The molecule has 0 saturated carbocycles. The minimum atomic E-state index is -0.859. The molecule has 1 aliphatic heterocycles. The fourth-order valence-electron chi connectivity index (χ4n) is 3.61. The molecular formula is C19H23N3O3. The number of aliphatic carboxylic acids is 1. The average molecular weight is 341 g/mol. The van der Waals surface area contributed by atoms with Crippen molar-refractivity contribution in [2.45, 2.75) is 32.2 Å². The Labute approximate surface area is 147 Å². The first kappa shape index (κ1) is 17.2. The van der Waals surface area contributed by atoms with Crippen LogP contribution >= 0.6 is 0 Å². The molecular weight excluding hydrogens is 318 g/mol. The standard InChI is InChI=1S/C19H23N3O3/c1-13-5-3-4-6-14(13)9-10-22-17(23)8-7-16(19(24)25)18(22)15-11-20-21(2)12-15/h3-6,11-12,16,18H,7-10H2,1-2H3,(H,24,25)/t16-,18-/m1/s1. The molecule has 2 heterocycles. The van der Waals surface area contributed by atoms with Crippen LogP contribution in [0.4, 0.5) is 0 Å². The highest BCUT2D eigenvalue weighted by Crippen LogP contribution is 2.36. The lowest BCUT2D eigenvalue weighted by Gasteiger charge is -2.39. The summed E-state index contributed by atoms with van der Waals surface area (Å²) in [6.07, 6.45) is 4.83. The highest BCUT2D eigenvalue weighted by atomic mass is 16.4. The van der Waals surface area contributed by atoms with Crippen molar-refractivity contribution in [3.05, 3.63) is 53.3 Å². The monoisotopic (exact) mass is 341 g/mol. The zero-order valence-corrected chi connectivity index (χ0v) is 14.6. The Morgan fingerprint density at radius 2 is 2.12 bits per heavy atom. The van der Waals surface area contributed by atoms with Gasteiger partial charge in [-0.2, -0.15) is 5.10 Å². The molecule has 2 aromatic rings. The summed E-state index contributed by atoms with van der Waals surface area (Å²) < 4.78 is 1.65. The molecule has 6 nitrogen and oxygen atoms in total. The third-order valence-corrected chi connectivity index (χ3v) is 4.97. The number of hydrogen-bond donors (Lipinski definition) is 1. The summed E-state index contributed by atoms with van der Waals surface area (Å²) in [5, 5.41) is 13.8. The molecule has 132 valence electrons. The molecule has 0 spiro atoms. The number of amides is 1. The quantitative estimate of drug-likeness (QED) is 0.906. The van der Waals surface area contributed by atoms with Crippen LogP contribution in [0.2, 0.25) is 0 Å². The van der Waals surface area contributed by atoms with E-state index in [1.54, 1.807) is 29.0 Å². The number of aryl methyl sites for hydroxylation is 2. The first-order valence-electron chi connectivity index (χ1n) is 8.52. The van der Waals surface area contributed by atoms with Gasteiger partial charge in [-0.1, -0.05) is 24.3 Å². The van der Waals surface area contributed by atoms with Crippen LogP contribution < -0.4 is 0 Å². The van der Waals surface area contributed by atoms with E-state index in [0.29, 0.717) is 19.4 Å². The van der Waals surface area contributed by atoms with Crippen LogP contribution in [-0.4, -0.2) is 38.2 Å². The van der Waals surface area contributed by atoms with Crippen molar-refractivity contribution >= 4 is 11.9 Å². The maximum atomic E-state index is 12.6. The van der Waals surface area contributed by atoms with Gasteiger partial charge in [-0.25, -0.2) is 0 Å². The lowest BCUT2D eigenvalue weighted by Crippen LogP contribution is -2.46. The van der Waals surface area contributed by atoms with E-state index in [-0.39, 0.29) is 12.3 Å². The molecule has 1 aliphatic rings. The van der Waals surface area contributed by atoms with Crippen molar-refractivity contribution in [3.8, 4) is 0 Å². The topological polar surface area (TPSA) is 75.4 Å². The van der Waals surface area contributed by atoms with Gasteiger partial charge in [0, 0.05) is 31.8 Å². The smallest absolute Gasteiger partial charge is 0.308 e. The van der Waals surface area contributed by atoms with Gasteiger partial charge in [0.15, 0.2) is 0 Å². The number of carboxylic acid groups (broad SMARTS) is 1. The molecule has 1 aromatic carbocycles. The van der Waals surface area contributed by atoms with Crippen molar-refractivity contribution < 1.29 is 14.7 Å². The number of piperidine rings is 1. The lowest BCUT2D eigenvalue weighted by molar-refractivity contribution is -0.152. The van der Waals surface area contributed by atoms with Gasteiger partial charge in [-0.05, 0) is 30.9 Å². The van der Waals surface area contributed by atoms with Gasteiger partial charge in [-0.3, -0.25) is 14.3 Å². The molecule has 3 rings (SSSR count). The zero-order chi connectivity index (χ0) is 18.0. The summed E-state index contributed by atoms with van der Waals surface area (Å²) in [6.45, 7) is 2.55. The number of aromatic nitrogens is 2. The average Bonchev–Trinajstić information content (AvgIpc) is 3.00. The van der Waals surface area contributed by atoms with Crippen molar-refractivity contribution in [1.29, 1.82) is 0 Å². The maximum absolute atomic E-state index is 12.6. The van der Waals surface area contributed by atoms with Crippen LogP contribution in [0.5, 0.6) is 0 Å². The first-order chi connectivity index (χ1) is 12.0. The van der Waals surface area contributed by atoms with Crippen molar-refractivity contribution in [1.82, 2.24) is 14.7 Å². The Hall–Kier alpha value is -2.63. The molecule has 1 N–H and O–H groups in total. The number of hydrogen-bond acceptors (Lipinski definition) is 3. The molecule has 1 aromatic heterocycles. The molecule has 1 saturated heterocycles. The molecule has 6 heteroatoms. The Morgan fingerprint density at radius 3 is 2.76 bits per heavy atom. The van der Waals surface area contributed by atoms with Crippen LogP contribution in [0, 0.1) is 12.8 Å². The van der Waals surface area contributed by atoms with Crippen LogP contribution in [0.25, 0.3) is 0 Å². The van der Waals surface area contributed by atoms with E-state index < -0.39 is 17.9 Å². The van der Waals surface area contributed by atoms with Gasteiger partial charge in [0.05, 0.1) is 18.2 Å². The summed E-state index contributed by atoms with van der Waals surface area (Å²) in [7, 11) is 1.79. The van der Waals surface area contributed by atoms with E-state index in [1.807, 2.05) is 25.1 Å². The first-order valence-corrected chi connectivity index (χ1v) is 8.52. The van der Waals surface area contributed by atoms with Crippen molar-refractivity contribution in [3.63, 3.8) is 0 Å². The molecule has 0 unspecified atom stereocenters. The highest BCUT2D eigenvalue weighted by Gasteiger charge is 2.41. The second-order valence-electron chi connectivity index (χ2n) is 6.64. The minimum absolute atomic E-state index is 0.0138. The van der Waals surface area contributed by atoms with E-state index in [4.69, 9.17) is 0 Å². The van der Waals surface area contributed by atoms with E-state index in [9.17, 15) is 14.7 Å². The van der Waals surface area contributed by atoms with Crippen molar-refractivity contribution in [2.75, 3.05) is 6.54 Å². The number of rotatable bonds is 5. The predicted octanol–water partition coefficient (Wildman–Crippen LogP) is 2.34. The normalized spacial score (nSPS) is 20.7. The minimum Gasteiger partial charge on any atom is -0.481 e. The van der Waals surface area contributed by atoms with Gasteiger partial charge in [0.2, 0.25) is 5.91 Å². The second-order valence-corrected chi connectivity index (χ2v) is 6.64. The van der Waals surface area contributed by atoms with Gasteiger partial charge < -0.3 is 10.0 Å². The van der Waals surface area contributed by atoms with E-state index in [2.05, 4.69) is 11.2 Å². The molecule has 2 atom stereocenters. The molecule has 0 bridgehead atoms. The van der Waals surface area contributed by atoms with Gasteiger partial charge in [-0.15, -0.1) is 0 Å². The van der Waals surface area contributed by atoms with Crippen LogP contribution in [0.3, 0.4) is 0 Å². The SMILES string of the molecule is Cc1ccccc1CCN1C(=O)CC[C@@H](C(=O)O)[C@H]1c1cnn(C)c1. The van der Waals surface area contributed by atoms with Crippen molar-refractivity contribution in [2.24, 2.45) is 13.0 Å². The van der Waals surface area contributed by atoms with Crippen LogP contribution in [0.1, 0.15) is 35.6 Å². The Morgan fingerprint density at radius 1 is 1.36 bits per heavy atom. The zero-order valence-electron chi connectivity index (χ0n) is 14.6. The molecule has 0 aliphatic carbocycles. The molecule has 25 heavy (non-hydrogen) atoms. The Balaban J connectivity index is 1.88. The summed E-state index contributed by atoms with van der Waals surface area (Å²) >= 11 is 0. The van der Waals surface area contributed by atoms with Gasteiger partial charge in [0.25, 0.3) is 0 Å². The highest BCUT2D eigenvalue weighted by molar-refractivity contribution is 5.81. The number of benzene rings is 1. The van der Waals surface area contributed by atoms with Crippen LogP contribution in [-0.2, 0) is 23.1 Å². The number of carbonyl (C=O) groups excluding carboxylic acids is 1. The van der Waals surface area contributed by atoms with E-state index in [1.165, 1.54) is 11.1 Å². The fourth-order valence-corrected chi connectivity index (χ4v) is 3.61. The summed E-state index contributed by atoms with van der Waals surface area (Å²) in [5.74, 6) is -1.44. The molecule has 0 radical (unpaired) electrons. The fraction of sp³-hybridized carbons (Fsp3) is 0.421.